The van der Waals surface area contributed by atoms with Gasteiger partial charge in [0.05, 0.1) is 22.1 Å². The van der Waals surface area contributed by atoms with Crippen LogP contribution < -0.4 is 5.46 Å². The quantitative estimate of drug-likeness (QED) is 0.124. The average Bonchev–Trinajstić information content (AvgIpc) is 1.60. The second kappa shape index (κ2) is 28.6. The van der Waals surface area contributed by atoms with E-state index in [-0.39, 0.29) is 5.28 Å². The molecule has 16 aromatic carbocycles. The molecule has 118 heavy (non-hydrogen) atoms. The van der Waals surface area contributed by atoms with Crippen molar-refractivity contribution in [1.82, 2.24) is 39.0 Å². The summed E-state index contributed by atoms with van der Waals surface area (Å²) in [4.78, 5) is 29.0. The topological polar surface area (TPSA) is 180 Å². The Morgan fingerprint density at radius 1 is 0.212 bits per heavy atom. The summed E-state index contributed by atoms with van der Waals surface area (Å²) in [5.74, 6) is 2.62. The molecular formula is C102H62BClN8O6. The molecule has 556 valence electrons. The van der Waals surface area contributed by atoms with Crippen molar-refractivity contribution in [2.45, 2.75) is 0 Å². The second-order valence-electron chi connectivity index (χ2n) is 29.2. The summed E-state index contributed by atoms with van der Waals surface area (Å²) in [6.45, 7) is 0. The van der Waals surface area contributed by atoms with Gasteiger partial charge in [0.15, 0.2) is 29.1 Å². The SMILES string of the molecule is Clc1nc(-c2ccc3c(c2)oc2ccccc23)nc(-c2ccc3c(c2)oc2ccc(-c4ccccc4)cc23)n1.OB(O)c1cccc(-n2c3ccccc3c3ccccc32)c1.c1ccc(-c2ccc3oc4cc(-c5nc(-c6cccc(-n7c8ccccc8c8ccccc87)c6)nc(-c6ccc7c(c6)oc6ccccc67)n5)ccc4c3c2)cc1. The van der Waals surface area contributed by atoms with E-state index in [1.807, 2.05) is 158 Å². The molecule has 0 saturated heterocycles. The van der Waals surface area contributed by atoms with Crippen LogP contribution in [0.5, 0.6) is 0 Å². The number of nitrogens with zero attached hydrogens (tertiary/aromatic N) is 8. The van der Waals surface area contributed by atoms with Gasteiger partial charge in [-0.2, -0.15) is 9.97 Å². The second-order valence-corrected chi connectivity index (χ2v) is 29.6. The van der Waals surface area contributed by atoms with Crippen LogP contribution in [0.15, 0.2) is 382 Å². The Kier molecular flexibility index (Phi) is 16.8. The Morgan fingerprint density at radius 2 is 0.500 bits per heavy atom. The number of hydrogen-bond acceptors (Lipinski definition) is 12. The largest absolute Gasteiger partial charge is 0.488 e. The molecule has 0 bridgehead atoms. The van der Waals surface area contributed by atoms with Gasteiger partial charge in [0.25, 0.3) is 0 Å². The lowest BCUT2D eigenvalue weighted by Gasteiger charge is -2.11. The van der Waals surface area contributed by atoms with Crippen molar-refractivity contribution in [2.75, 3.05) is 0 Å². The summed E-state index contributed by atoms with van der Waals surface area (Å²) in [5.41, 5.74) is 22.1. The van der Waals surface area contributed by atoms with Crippen LogP contribution in [0.25, 0.3) is 222 Å². The first-order valence-corrected chi connectivity index (χ1v) is 39.1. The van der Waals surface area contributed by atoms with Crippen molar-refractivity contribution in [3.05, 3.63) is 369 Å². The lowest BCUT2D eigenvalue weighted by molar-refractivity contribution is 0.425. The van der Waals surface area contributed by atoms with Crippen molar-refractivity contribution in [3.8, 4) is 90.6 Å². The molecule has 0 fully saturated rings. The maximum absolute atomic E-state index is 9.42. The fraction of sp³-hybridized carbons (Fsp3) is 0. The molecule has 24 aromatic rings. The van der Waals surface area contributed by atoms with Crippen LogP contribution in [-0.4, -0.2) is 56.2 Å². The Labute approximate surface area is 677 Å². The van der Waals surface area contributed by atoms with E-state index >= 15 is 0 Å². The van der Waals surface area contributed by atoms with Gasteiger partial charge in [-0.3, -0.25) is 0 Å². The van der Waals surface area contributed by atoms with Gasteiger partial charge in [0, 0.05) is 104 Å². The van der Waals surface area contributed by atoms with Crippen LogP contribution in [0.2, 0.25) is 5.28 Å². The molecule has 0 saturated carbocycles. The Bertz CT molecular complexity index is 8000. The summed E-state index contributed by atoms with van der Waals surface area (Å²) < 4.78 is 29.5. The normalized spacial score (nSPS) is 11.7. The molecule has 8 heterocycles. The zero-order valence-corrected chi connectivity index (χ0v) is 63.5. The summed E-state index contributed by atoms with van der Waals surface area (Å²) in [6, 6.07) is 123. The maximum Gasteiger partial charge on any atom is 0.488 e. The molecule has 14 nitrogen and oxygen atoms in total. The van der Waals surface area contributed by atoms with Crippen molar-refractivity contribution < 1.29 is 27.7 Å². The predicted octanol–water partition coefficient (Wildman–Crippen LogP) is 25.2. The lowest BCUT2D eigenvalue weighted by atomic mass is 9.80. The van der Waals surface area contributed by atoms with E-state index in [0.29, 0.717) is 34.6 Å². The van der Waals surface area contributed by atoms with E-state index in [1.165, 1.54) is 32.7 Å². The minimum Gasteiger partial charge on any atom is -0.456 e. The van der Waals surface area contributed by atoms with Gasteiger partial charge in [-0.1, -0.05) is 231 Å². The first-order chi connectivity index (χ1) is 58.2. The fourth-order valence-corrected chi connectivity index (χ4v) is 16.7. The van der Waals surface area contributed by atoms with Crippen LogP contribution >= 0.6 is 11.6 Å². The number of fused-ring (bicyclic) bond motifs is 18. The van der Waals surface area contributed by atoms with E-state index in [0.717, 1.165) is 160 Å². The first-order valence-electron chi connectivity index (χ1n) is 38.8. The molecule has 2 N–H and O–H groups in total. The average molecular weight is 1540 g/mol. The minimum atomic E-state index is -1.46. The zero-order valence-electron chi connectivity index (χ0n) is 62.7. The van der Waals surface area contributed by atoms with E-state index < -0.39 is 7.12 Å². The molecule has 0 spiro atoms. The van der Waals surface area contributed by atoms with E-state index in [2.05, 4.69) is 219 Å². The smallest absolute Gasteiger partial charge is 0.456 e. The van der Waals surface area contributed by atoms with Gasteiger partial charge in [-0.05, 0) is 173 Å². The number of furan rings is 4. The standard InChI is InChI=1S/C51H30N4O2.C33H18ClN3O2.C18H14BNO2/c1-2-11-31(12-3-1)32-23-26-46-42(28-32)41-25-22-35(30-48(41)57-46)51-53-49(52-50(54-51)34-21-24-40-39-17-6-9-20-45(39)56-47(40)29-34)33-13-10-14-36(27-33)55-43-18-7-4-15-37(43)38-16-5-8-19-44(38)55;34-33-36-31(21-10-13-24-23-8-4-5-9-27(23)38-29(24)17-21)35-32(37-33)22-11-14-25-26-16-20(19-6-2-1-3-7-19)12-15-28(26)39-30(25)18-22;21-19(22)13-6-5-7-14(12-13)20-17-10-3-1-8-15(17)16-9-2-4-11-18(16)20/h1-30H;1-18H;1-12,21-22H. The van der Waals surface area contributed by atoms with Gasteiger partial charge in [0.2, 0.25) is 5.28 Å². The summed E-state index contributed by atoms with van der Waals surface area (Å²) in [7, 11) is -1.46. The molecule has 0 radical (unpaired) electrons. The fourth-order valence-electron chi connectivity index (χ4n) is 16.6. The van der Waals surface area contributed by atoms with E-state index in [9.17, 15) is 10.0 Å². The molecule has 0 atom stereocenters. The van der Waals surface area contributed by atoms with Gasteiger partial charge < -0.3 is 36.9 Å². The Balaban J connectivity index is 0.000000118. The zero-order chi connectivity index (χ0) is 78.5. The van der Waals surface area contributed by atoms with Crippen LogP contribution in [0.4, 0.5) is 0 Å². The van der Waals surface area contributed by atoms with E-state index in [4.69, 9.17) is 49.2 Å². The summed E-state index contributed by atoms with van der Waals surface area (Å²) >= 11 is 6.38. The number of rotatable bonds is 10. The van der Waals surface area contributed by atoms with E-state index in [1.54, 1.807) is 6.07 Å². The third-order valence-corrected chi connectivity index (χ3v) is 22.3. The highest BCUT2D eigenvalue weighted by atomic mass is 35.5. The summed E-state index contributed by atoms with van der Waals surface area (Å²) in [5, 5.41) is 32.2. The van der Waals surface area contributed by atoms with Gasteiger partial charge >= 0.3 is 7.12 Å². The van der Waals surface area contributed by atoms with Gasteiger partial charge in [-0.15, -0.1) is 0 Å². The number of halogens is 1. The van der Waals surface area contributed by atoms with Gasteiger partial charge in [0.1, 0.15) is 44.7 Å². The Morgan fingerprint density at radius 3 is 0.890 bits per heavy atom. The van der Waals surface area contributed by atoms with Crippen LogP contribution in [-0.2, 0) is 0 Å². The third kappa shape index (κ3) is 12.3. The number of aromatic nitrogens is 8. The van der Waals surface area contributed by atoms with Crippen LogP contribution in [0, 0.1) is 0 Å². The minimum absolute atomic E-state index is 0.122. The molecular weight excluding hydrogens is 1480 g/mol. The molecule has 0 unspecified atom stereocenters. The third-order valence-electron chi connectivity index (χ3n) is 22.1. The van der Waals surface area contributed by atoms with Crippen LogP contribution in [0.1, 0.15) is 0 Å². The molecule has 0 aliphatic carbocycles. The summed E-state index contributed by atoms with van der Waals surface area (Å²) in [6.07, 6.45) is 0. The van der Waals surface area contributed by atoms with Crippen molar-refractivity contribution in [1.29, 1.82) is 0 Å². The maximum atomic E-state index is 9.42. The first kappa shape index (κ1) is 69.3. The highest BCUT2D eigenvalue weighted by Crippen LogP contribution is 2.42. The molecule has 16 heteroatoms. The molecule has 0 aliphatic heterocycles. The van der Waals surface area contributed by atoms with Crippen molar-refractivity contribution in [3.63, 3.8) is 0 Å². The number of para-hydroxylation sites is 6. The predicted molar refractivity (Wildman–Crippen MR) is 477 cm³/mol. The monoisotopic (exact) mass is 1540 g/mol. The van der Waals surface area contributed by atoms with Crippen LogP contribution in [0.3, 0.4) is 0 Å². The molecule has 0 aliphatic rings. The molecule has 24 rings (SSSR count). The number of hydrogen-bond donors (Lipinski definition) is 2. The highest BCUT2D eigenvalue weighted by Gasteiger charge is 2.22. The Hall–Kier alpha value is -15.4. The van der Waals surface area contributed by atoms with Crippen molar-refractivity contribution >= 4 is 156 Å². The number of benzene rings is 16. The van der Waals surface area contributed by atoms with Crippen molar-refractivity contribution in [2.24, 2.45) is 0 Å². The van der Waals surface area contributed by atoms with Gasteiger partial charge in [-0.25, -0.2) is 19.9 Å². The molecule has 0 amide bonds. The highest BCUT2D eigenvalue weighted by molar-refractivity contribution is 6.58. The molecule has 8 aromatic heterocycles. The lowest BCUT2D eigenvalue weighted by Crippen LogP contribution is -2.29.